The smallest absolute Gasteiger partial charge is 0.317 e. The molecule has 2 heterocycles. The van der Waals surface area contributed by atoms with Crippen molar-refractivity contribution < 1.29 is 14.7 Å². The second-order valence-electron chi connectivity index (χ2n) is 5.98. The third-order valence-corrected chi connectivity index (χ3v) is 5.57. The molecule has 0 saturated carbocycles. The number of fused-ring (bicyclic) bond motifs is 1. The number of amides is 2. The number of hydrogen-bond donors (Lipinski definition) is 2. The van der Waals surface area contributed by atoms with Crippen LogP contribution in [-0.2, 0) is 4.79 Å². The fraction of sp³-hybridized carbons (Fsp3) is 0.412. The highest BCUT2D eigenvalue weighted by Gasteiger charge is 2.28. The van der Waals surface area contributed by atoms with E-state index in [2.05, 4.69) is 23.5 Å². The van der Waals surface area contributed by atoms with Crippen LogP contribution < -0.4 is 5.32 Å². The summed E-state index contributed by atoms with van der Waals surface area (Å²) in [6.07, 6.45) is 1.38. The minimum absolute atomic E-state index is 0.0925. The van der Waals surface area contributed by atoms with Crippen LogP contribution >= 0.6 is 11.3 Å². The van der Waals surface area contributed by atoms with Crippen LogP contribution in [0, 0.1) is 5.92 Å². The summed E-state index contributed by atoms with van der Waals surface area (Å²) in [4.78, 5) is 26.2. The van der Waals surface area contributed by atoms with E-state index < -0.39 is 11.9 Å². The molecule has 1 aromatic carbocycles. The van der Waals surface area contributed by atoms with Crippen molar-refractivity contribution in [1.82, 2.24) is 10.2 Å². The summed E-state index contributed by atoms with van der Waals surface area (Å²) in [5, 5.41) is 13.3. The number of nitrogens with one attached hydrogen (secondary N) is 1. The monoisotopic (exact) mass is 332 g/mol. The number of piperidine rings is 1. The van der Waals surface area contributed by atoms with Crippen molar-refractivity contribution >= 4 is 33.4 Å². The first kappa shape index (κ1) is 15.8. The molecule has 1 fully saturated rings. The second kappa shape index (κ2) is 6.58. The second-order valence-corrected chi connectivity index (χ2v) is 7.10. The number of thiophene rings is 1. The van der Waals surface area contributed by atoms with Gasteiger partial charge in [-0.25, -0.2) is 4.79 Å². The zero-order valence-corrected chi connectivity index (χ0v) is 13.8. The van der Waals surface area contributed by atoms with E-state index in [1.54, 1.807) is 16.2 Å². The number of carboxylic acid groups (broad SMARTS) is 1. The van der Waals surface area contributed by atoms with Gasteiger partial charge in [0.05, 0.1) is 12.0 Å². The lowest BCUT2D eigenvalue weighted by Gasteiger charge is -2.31. The van der Waals surface area contributed by atoms with Gasteiger partial charge in [0, 0.05) is 22.7 Å². The quantitative estimate of drug-likeness (QED) is 0.904. The number of urea groups is 1. The highest BCUT2D eigenvalue weighted by molar-refractivity contribution is 7.19. The van der Waals surface area contributed by atoms with Gasteiger partial charge in [-0.3, -0.25) is 4.79 Å². The highest BCUT2D eigenvalue weighted by atomic mass is 32.1. The molecule has 0 radical (unpaired) electrons. The molecule has 2 aromatic rings. The molecule has 2 unspecified atom stereocenters. The molecule has 0 spiro atoms. The first-order valence-electron chi connectivity index (χ1n) is 7.81. The van der Waals surface area contributed by atoms with E-state index in [0.717, 1.165) is 11.3 Å². The van der Waals surface area contributed by atoms with Crippen molar-refractivity contribution in [2.45, 2.75) is 25.8 Å². The Hall–Kier alpha value is -2.08. The maximum atomic E-state index is 12.4. The van der Waals surface area contributed by atoms with Gasteiger partial charge in [-0.1, -0.05) is 18.2 Å². The third-order valence-electron chi connectivity index (χ3n) is 4.27. The predicted molar refractivity (Wildman–Crippen MR) is 90.7 cm³/mol. The Bertz CT molecular complexity index is 694. The lowest BCUT2D eigenvalue weighted by molar-refractivity contribution is -0.143. The van der Waals surface area contributed by atoms with Gasteiger partial charge < -0.3 is 15.3 Å². The van der Waals surface area contributed by atoms with E-state index in [1.807, 2.05) is 19.1 Å². The lowest BCUT2D eigenvalue weighted by Crippen LogP contribution is -2.47. The Morgan fingerprint density at radius 3 is 2.91 bits per heavy atom. The van der Waals surface area contributed by atoms with Gasteiger partial charge in [0.1, 0.15) is 0 Å². The standard InChI is InChI=1S/C17H20N2O3S/c1-11(15-9-12-5-2-3-7-14(12)23-15)18-17(22)19-8-4-6-13(10-19)16(20)21/h2-3,5,7,9,11,13H,4,6,8,10H2,1H3,(H,18,22)(H,20,21). The molecule has 5 nitrogen and oxygen atoms in total. The van der Waals surface area contributed by atoms with E-state index in [1.165, 1.54) is 10.1 Å². The van der Waals surface area contributed by atoms with Gasteiger partial charge in [0.15, 0.2) is 0 Å². The van der Waals surface area contributed by atoms with Crippen LogP contribution in [0.25, 0.3) is 10.1 Å². The average Bonchev–Trinajstić information content (AvgIpc) is 2.99. The van der Waals surface area contributed by atoms with Crippen LogP contribution in [0.4, 0.5) is 4.79 Å². The number of aliphatic carboxylic acids is 1. The van der Waals surface area contributed by atoms with Crippen LogP contribution in [0.5, 0.6) is 0 Å². The van der Waals surface area contributed by atoms with E-state index in [4.69, 9.17) is 5.11 Å². The van der Waals surface area contributed by atoms with Gasteiger partial charge in [-0.15, -0.1) is 11.3 Å². The van der Waals surface area contributed by atoms with Crippen LogP contribution in [0.2, 0.25) is 0 Å². The van der Waals surface area contributed by atoms with Crippen molar-refractivity contribution in [2.24, 2.45) is 5.92 Å². The van der Waals surface area contributed by atoms with Crippen molar-refractivity contribution in [2.75, 3.05) is 13.1 Å². The molecule has 1 aromatic heterocycles. The Labute approximate surface area is 138 Å². The number of benzene rings is 1. The summed E-state index contributed by atoms with van der Waals surface area (Å²) in [7, 11) is 0. The van der Waals surface area contributed by atoms with Crippen LogP contribution in [-0.4, -0.2) is 35.1 Å². The summed E-state index contributed by atoms with van der Waals surface area (Å²) >= 11 is 1.67. The van der Waals surface area contributed by atoms with Crippen molar-refractivity contribution in [3.05, 3.63) is 35.2 Å². The third kappa shape index (κ3) is 3.47. The molecule has 3 rings (SSSR count). The first-order chi connectivity index (χ1) is 11.0. The molecule has 23 heavy (non-hydrogen) atoms. The lowest BCUT2D eigenvalue weighted by atomic mass is 9.99. The largest absolute Gasteiger partial charge is 0.481 e. The molecular formula is C17H20N2O3S. The number of likely N-dealkylation sites (tertiary alicyclic amines) is 1. The highest BCUT2D eigenvalue weighted by Crippen LogP contribution is 2.29. The van der Waals surface area contributed by atoms with Crippen LogP contribution in [0.3, 0.4) is 0 Å². The topological polar surface area (TPSA) is 69.6 Å². The molecule has 1 aliphatic heterocycles. The molecule has 2 N–H and O–H groups in total. The SMILES string of the molecule is CC(NC(=O)N1CCCC(C(=O)O)C1)c1cc2ccccc2s1. The Morgan fingerprint density at radius 1 is 1.39 bits per heavy atom. The fourth-order valence-corrected chi connectivity index (χ4v) is 3.99. The van der Waals surface area contributed by atoms with Gasteiger partial charge in [0.2, 0.25) is 0 Å². The zero-order valence-electron chi connectivity index (χ0n) is 13.0. The minimum Gasteiger partial charge on any atom is -0.481 e. The number of hydrogen-bond acceptors (Lipinski definition) is 3. The Kier molecular flexibility index (Phi) is 4.52. The molecule has 6 heteroatoms. The van der Waals surface area contributed by atoms with Crippen LogP contribution in [0.15, 0.2) is 30.3 Å². The summed E-state index contributed by atoms with van der Waals surface area (Å²) in [6.45, 7) is 2.87. The average molecular weight is 332 g/mol. The fourth-order valence-electron chi connectivity index (χ4n) is 2.93. The molecule has 2 amide bonds. The summed E-state index contributed by atoms with van der Waals surface area (Å²) in [5.41, 5.74) is 0. The maximum Gasteiger partial charge on any atom is 0.317 e. The number of rotatable bonds is 3. The normalized spacial score (nSPS) is 19.5. The van der Waals surface area contributed by atoms with Crippen molar-refractivity contribution in [1.29, 1.82) is 0 Å². The van der Waals surface area contributed by atoms with Crippen LogP contribution in [0.1, 0.15) is 30.7 Å². The molecule has 1 aliphatic rings. The van der Waals surface area contributed by atoms with Gasteiger partial charge in [0.25, 0.3) is 0 Å². The Morgan fingerprint density at radius 2 is 2.17 bits per heavy atom. The summed E-state index contributed by atoms with van der Waals surface area (Å²) in [6, 6.07) is 9.96. The molecule has 0 bridgehead atoms. The van der Waals surface area contributed by atoms with Crippen molar-refractivity contribution in [3.8, 4) is 0 Å². The van der Waals surface area contributed by atoms with E-state index in [0.29, 0.717) is 19.5 Å². The van der Waals surface area contributed by atoms with Gasteiger partial charge in [-0.05, 0) is 37.3 Å². The zero-order chi connectivity index (χ0) is 16.4. The molecule has 122 valence electrons. The Balaban J connectivity index is 1.65. The molecule has 0 aliphatic carbocycles. The number of carbonyl (C=O) groups is 2. The molecule has 1 saturated heterocycles. The molecular weight excluding hydrogens is 312 g/mol. The van der Waals surface area contributed by atoms with E-state index in [-0.39, 0.29) is 12.1 Å². The minimum atomic E-state index is -0.819. The van der Waals surface area contributed by atoms with Gasteiger partial charge in [-0.2, -0.15) is 0 Å². The maximum absolute atomic E-state index is 12.4. The first-order valence-corrected chi connectivity index (χ1v) is 8.63. The number of carbonyl (C=O) groups excluding carboxylic acids is 1. The number of carboxylic acids is 1. The van der Waals surface area contributed by atoms with E-state index >= 15 is 0 Å². The summed E-state index contributed by atoms with van der Waals surface area (Å²) < 4.78 is 1.20. The predicted octanol–water partition coefficient (Wildman–Crippen LogP) is 3.47. The summed E-state index contributed by atoms with van der Waals surface area (Å²) in [5.74, 6) is -1.27. The number of nitrogens with zero attached hydrogens (tertiary/aromatic N) is 1. The van der Waals surface area contributed by atoms with Gasteiger partial charge >= 0.3 is 12.0 Å². The van der Waals surface area contributed by atoms with Crippen molar-refractivity contribution in [3.63, 3.8) is 0 Å². The molecule has 2 atom stereocenters. The van der Waals surface area contributed by atoms with E-state index in [9.17, 15) is 9.59 Å².